The maximum Gasteiger partial charge on any atom is 0.253 e. The molecule has 7 nitrogen and oxygen atoms in total. The molecule has 7 rings (SSSR count). The van der Waals surface area contributed by atoms with Crippen LogP contribution >= 0.6 is 0 Å². The zero-order valence-electron chi connectivity index (χ0n) is 19.3. The van der Waals surface area contributed by atoms with Crippen LogP contribution in [0.15, 0.2) is 30.7 Å². The van der Waals surface area contributed by atoms with Crippen LogP contribution in [0.5, 0.6) is 0 Å². The summed E-state index contributed by atoms with van der Waals surface area (Å²) in [5.41, 5.74) is 4.79. The van der Waals surface area contributed by atoms with Gasteiger partial charge < -0.3 is 5.32 Å². The van der Waals surface area contributed by atoms with Crippen molar-refractivity contribution in [2.75, 3.05) is 0 Å². The average molecular weight is 443 g/mol. The first kappa shape index (κ1) is 19.6. The Morgan fingerprint density at radius 3 is 2.85 bits per heavy atom. The van der Waals surface area contributed by atoms with E-state index in [0.29, 0.717) is 36.0 Å². The third-order valence-corrected chi connectivity index (χ3v) is 9.88. The summed E-state index contributed by atoms with van der Waals surface area (Å²) in [6, 6.07) is 6.40. The second-order valence-electron chi connectivity index (χ2n) is 11.2. The van der Waals surface area contributed by atoms with Gasteiger partial charge in [0.15, 0.2) is 0 Å². The number of carbonyl (C=O) groups excluding carboxylic acids is 1. The van der Waals surface area contributed by atoms with Crippen molar-refractivity contribution in [2.24, 2.45) is 23.2 Å². The molecule has 0 bridgehead atoms. The number of amides is 1. The number of pyridine rings is 1. The number of hydrogen-bond acceptors (Lipinski definition) is 5. The summed E-state index contributed by atoms with van der Waals surface area (Å²) < 4.78 is 1.88. The van der Waals surface area contributed by atoms with Crippen molar-refractivity contribution in [3.05, 3.63) is 42.0 Å². The summed E-state index contributed by atoms with van der Waals surface area (Å²) in [4.78, 5) is 26.4. The number of carbonyl (C=O) groups is 1. The van der Waals surface area contributed by atoms with Crippen LogP contribution in [-0.4, -0.2) is 36.5 Å². The average Bonchev–Trinajstić information content (AvgIpc) is 3.41. The number of aromatic nitrogens is 5. The van der Waals surface area contributed by atoms with Crippen molar-refractivity contribution >= 4 is 11.7 Å². The van der Waals surface area contributed by atoms with E-state index in [9.17, 15) is 4.79 Å². The second kappa shape index (κ2) is 6.61. The fourth-order valence-electron chi connectivity index (χ4n) is 8.22. The van der Waals surface area contributed by atoms with E-state index in [1.165, 1.54) is 24.1 Å². The van der Waals surface area contributed by atoms with Crippen molar-refractivity contribution < 1.29 is 4.79 Å². The van der Waals surface area contributed by atoms with Gasteiger partial charge in [-0.3, -0.25) is 9.78 Å². The van der Waals surface area contributed by atoms with E-state index in [2.05, 4.69) is 35.3 Å². The van der Waals surface area contributed by atoms with Gasteiger partial charge in [-0.25, -0.2) is 4.98 Å². The molecule has 3 aliphatic carbocycles. The monoisotopic (exact) mass is 442 g/mol. The van der Waals surface area contributed by atoms with E-state index in [4.69, 9.17) is 9.97 Å². The summed E-state index contributed by atoms with van der Waals surface area (Å²) in [6.07, 6.45) is 10.8. The molecule has 3 unspecified atom stereocenters. The van der Waals surface area contributed by atoms with Crippen LogP contribution in [0.25, 0.3) is 17.2 Å². The number of rotatable bonds is 1. The standard InChI is InChI=1S/C26H30N6O/c1-25-11-9-21(33)30-20(25)7-6-15-17(25)8-10-26(2)18(15)13-16-22(19-5-3-4-12-27-19)32-24(28-14-29-32)31-23(16)26/h3-5,12,14-15,17-18,20H,6-11,13H2,1-2H3,(H,30,33)/t15?,17?,18?,20-,25-,26+/m1/s1. The van der Waals surface area contributed by atoms with E-state index < -0.39 is 0 Å². The Bertz CT molecular complexity index is 1270. The van der Waals surface area contributed by atoms with Crippen molar-refractivity contribution in [1.82, 2.24) is 29.9 Å². The van der Waals surface area contributed by atoms with Gasteiger partial charge in [-0.2, -0.15) is 14.6 Å². The molecule has 1 N–H and O–H groups in total. The Balaban J connectivity index is 1.35. The molecule has 7 heteroatoms. The van der Waals surface area contributed by atoms with E-state index in [1.54, 1.807) is 6.33 Å². The molecule has 1 aliphatic heterocycles. The maximum atomic E-state index is 12.1. The third kappa shape index (κ3) is 2.53. The number of hydrogen-bond donors (Lipinski definition) is 1. The van der Waals surface area contributed by atoms with Gasteiger partial charge in [-0.05, 0) is 73.8 Å². The highest BCUT2D eigenvalue weighted by molar-refractivity contribution is 5.77. The van der Waals surface area contributed by atoms with Crippen LogP contribution in [0.3, 0.4) is 0 Å². The number of nitrogens with one attached hydrogen (secondary N) is 1. The molecule has 1 saturated heterocycles. The summed E-state index contributed by atoms with van der Waals surface area (Å²) in [5, 5.41) is 7.88. The highest BCUT2D eigenvalue weighted by atomic mass is 16.1. The van der Waals surface area contributed by atoms with Gasteiger partial charge in [0, 0.05) is 29.6 Å². The number of piperidine rings is 1. The Hall–Kier alpha value is -2.83. The second-order valence-corrected chi connectivity index (χ2v) is 11.2. The predicted octanol–water partition coefficient (Wildman–Crippen LogP) is 3.72. The summed E-state index contributed by atoms with van der Waals surface area (Å²) >= 11 is 0. The molecular weight excluding hydrogens is 412 g/mol. The van der Waals surface area contributed by atoms with Crippen LogP contribution in [0.2, 0.25) is 0 Å². The van der Waals surface area contributed by atoms with E-state index in [0.717, 1.165) is 37.1 Å². The van der Waals surface area contributed by atoms with Gasteiger partial charge in [-0.1, -0.05) is 19.9 Å². The summed E-state index contributed by atoms with van der Waals surface area (Å²) in [7, 11) is 0. The highest BCUT2D eigenvalue weighted by Gasteiger charge is 2.60. The van der Waals surface area contributed by atoms with Gasteiger partial charge in [0.25, 0.3) is 5.78 Å². The van der Waals surface area contributed by atoms with Crippen LogP contribution < -0.4 is 5.32 Å². The number of fused-ring (bicyclic) bond motifs is 8. The van der Waals surface area contributed by atoms with E-state index in [1.807, 2.05) is 22.8 Å². The molecule has 0 spiro atoms. The molecule has 3 fully saturated rings. The molecule has 0 aromatic carbocycles. The lowest BCUT2D eigenvalue weighted by Crippen LogP contribution is -2.61. The van der Waals surface area contributed by atoms with E-state index >= 15 is 0 Å². The Morgan fingerprint density at radius 1 is 1.09 bits per heavy atom. The van der Waals surface area contributed by atoms with Crippen LogP contribution in [0.1, 0.15) is 63.6 Å². The molecule has 33 heavy (non-hydrogen) atoms. The van der Waals surface area contributed by atoms with Gasteiger partial charge in [0.05, 0.1) is 17.1 Å². The molecule has 4 aliphatic rings. The van der Waals surface area contributed by atoms with Gasteiger partial charge in [0.1, 0.15) is 6.33 Å². The topological polar surface area (TPSA) is 85.1 Å². The minimum absolute atomic E-state index is 0.0504. The first-order valence-corrected chi connectivity index (χ1v) is 12.4. The van der Waals surface area contributed by atoms with Crippen molar-refractivity contribution in [3.63, 3.8) is 0 Å². The predicted molar refractivity (Wildman–Crippen MR) is 123 cm³/mol. The first-order valence-electron chi connectivity index (χ1n) is 12.4. The van der Waals surface area contributed by atoms with Crippen LogP contribution in [-0.2, 0) is 16.6 Å². The smallest absolute Gasteiger partial charge is 0.253 e. The summed E-state index contributed by atoms with van der Waals surface area (Å²) in [5.74, 6) is 2.79. The van der Waals surface area contributed by atoms with E-state index in [-0.39, 0.29) is 16.7 Å². The first-order chi connectivity index (χ1) is 16.0. The Labute approximate surface area is 193 Å². The normalized spacial score (nSPS) is 37.1. The fourth-order valence-corrected chi connectivity index (χ4v) is 8.22. The zero-order valence-corrected chi connectivity index (χ0v) is 19.3. The largest absolute Gasteiger partial charge is 0.353 e. The van der Waals surface area contributed by atoms with Crippen molar-refractivity contribution in [3.8, 4) is 11.4 Å². The molecule has 3 aromatic heterocycles. The zero-order chi connectivity index (χ0) is 22.4. The minimum atomic E-state index is 0.0504. The molecular formula is C26H30N6O. The summed E-state index contributed by atoms with van der Waals surface area (Å²) in [6.45, 7) is 4.90. The minimum Gasteiger partial charge on any atom is -0.353 e. The van der Waals surface area contributed by atoms with Gasteiger partial charge in [-0.15, -0.1) is 0 Å². The fraction of sp³-hybridized carbons (Fsp3) is 0.577. The van der Waals surface area contributed by atoms with Crippen LogP contribution in [0, 0.1) is 23.2 Å². The van der Waals surface area contributed by atoms with Crippen molar-refractivity contribution in [2.45, 2.75) is 70.3 Å². The lowest BCUT2D eigenvalue weighted by Gasteiger charge is -2.59. The Kier molecular flexibility index (Phi) is 3.93. The highest BCUT2D eigenvalue weighted by Crippen LogP contribution is 2.63. The van der Waals surface area contributed by atoms with Crippen molar-refractivity contribution in [1.29, 1.82) is 0 Å². The molecule has 170 valence electrons. The quantitative estimate of drug-likeness (QED) is 0.621. The molecule has 3 aromatic rings. The molecule has 1 amide bonds. The number of nitrogens with zero attached hydrogens (tertiary/aromatic N) is 5. The maximum absolute atomic E-state index is 12.1. The molecule has 4 heterocycles. The molecule has 6 atom stereocenters. The molecule has 2 saturated carbocycles. The SMILES string of the molecule is C[C@]12CCC3C(CC[C@H]4NC(=O)CC[C@]34C)C1Cc1c2nc2ncnn2c1-c1ccccn1. The van der Waals surface area contributed by atoms with Crippen LogP contribution in [0.4, 0.5) is 0 Å². The van der Waals surface area contributed by atoms with Gasteiger partial charge in [0.2, 0.25) is 5.91 Å². The Morgan fingerprint density at radius 2 is 2.00 bits per heavy atom. The lowest BCUT2D eigenvalue weighted by molar-refractivity contribution is -0.134. The lowest BCUT2D eigenvalue weighted by atomic mass is 9.47. The van der Waals surface area contributed by atoms with Gasteiger partial charge >= 0.3 is 0 Å². The molecule has 0 radical (unpaired) electrons. The third-order valence-electron chi connectivity index (χ3n) is 9.88.